The second-order valence-electron chi connectivity index (χ2n) is 5.65. The summed E-state index contributed by atoms with van der Waals surface area (Å²) in [5.74, 6) is 2.75. The van der Waals surface area contributed by atoms with Gasteiger partial charge in [0.25, 0.3) is 0 Å². The van der Waals surface area contributed by atoms with Crippen molar-refractivity contribution in [3.63, 3.8) is 0 Å². The Hall–Kier alpha value is -1.56. The smallest absolute Gasteiger partial charge is 0.0658 e. The first kappa shape index (κ1) is 13.4. The first-order valence-corrected chi connectivity index (χ1v) is 7.37. The fourth-order valence-electron chi connectivity index (χ4n) is 3.21. The summed E-state index contributed by atoms with van der Waals surface area (Å²) in [5.41, 5.74) is 2.90. The summed E-state index contributed by atoms with van der Waals surface area (Å²) >= 11 is 0. The largest absolute Gasteiger partial charge is 0.378 e. The standard InChI is InChI=1S/C18H21NO/c1-2-3-7-16-10-17-13-20-14-18(11-16)19(17)12-15-8-5-4-6-9-15/h1,4-6,8-10,17-18H,3,7,11-14H2. The van der Waals surface area contributed by atoms with Gasteiger partial charge in [-0.1, -0.05) is 42.0 Å². The van der Waals surface area contributed by atoms with Gasteiger partial charge in [0.2, 0.25) is 0 Å². The summed E-state index contributed by atoms with van der Waals surface area (Å²) < 4.78 is 5.73. The van der Waals surface area contributed by atoms with E-state index in [1.54, 1.807) is 0 Å². The Bertz CT molecular complexity index is 514. The van der Waals surface area contributed by atoms with Crippen LogP contribution in [-0.2, 0) is 11.3 Å². The number of terminal acetylenes is 1. The molecule has 2 aliphatic rings. The zero-order chi connectivity index (χ0) is 13.8. The van der Waals surface area contributed by atoms with Crippen LogP contribution >= 0.6 is 0 Å². The van der Waals surface area contributed by atoms with Gasteiger partial charge in [-0.2, -0.15) is 0 Å². The lowest BCUT2D eigenvalue weighted by Crippen LogP contribution is -2.53. The molecule has 104 valence electrons. The average Bonchev–Trinajstić information content (AvgIpc) is 2.46. The third-order valence-electron chi connectivity index (χ3n) is 4.22. The molecule has 2 heterocycles. The van der Waals surface area contributed by atoms with Crippen LogP contribution < -0.4 is 0 Å². The number of rotatable bonds is 4. The summed E-state index contributed by atoms with van der Waals surface area (Å²) in [7, 11) is 0. The molecule has 1 aromatic carbocycles. The van der Waals surface area contributed by atoms with Gasteiger partial charge in [-0.25, -0.2) is 0 Å². The number of hydrogen-bond donors (Lipinski definition) is 0. The molecule has 2 nitrogen and oxygen atoms in total. The fourth-order valence-corrected chi connectivity index (χ4v) is 3.21. The highest BCUT2D eigenvalue weighted by Gasteiger charge is 2.34. The molecule has 0 spiro atoms. The molecule has 20 heavy (non-hydrogen) atoms. The van der Waals surface area contributed by atoms with Crippen molar-refractivity contribution >= 4 is 0 Å². The van der Waals surface area contributed by atoms with E-state index in [-0.39, 0.29) is 0 Å². The van der Waals surface area contributed by atoms with Crippen molar-refractivity contribution in [1.29, 1.82) is 0 Å². The van der Waals surface area contributed by atoms with Gasteiger partial charge < -0.3 is 4.74 Å². The van der Waals surface area contributed by atoms with E-state index in [1.807, 2.05) is 0 Å². The Morgan fingerprint density at radius 2 is 2.10 bits per heavy atom. The van der Waals surface area contributed by atoms with E-state index in [1.165, 1.54) is 11.1 Å². The third kappa shape index (κ3) is 2.95. The first-order chi connectivity index (χ1) is 9.86. The van der Waals surface area contributed by atoms with Gasteiger partial charge >= 0.3 is 0 Å². The summed E-state index contributed by atoms with van der Waals surface area (Å²) in [6.45, 7) is 2.66. The Kier molecular flexibility index (Phi) is 4.20. The van der Waals surface area contributed by atoms with Crippen molar-refractivity contribution in [2.45, 2.75) is 37.9 Å². The lowest BCUT2D eigenvalue weighted by molar-refractivity contribution is -0.0441. The van der Waals surface area contributed by atoms with Crippen LogP contribution in [0, 0.1) is 12.3 Å². The minimum atomic E-state index is 0.412. The molecule has 0 aliphatic carbocycles. The van der Waals surface area contributed by atoms with Crippen molar-refractivity contribution in [3.05, 3.63) is 47.5 Å². The molecular weight excluding hydrogens is 246 g/mol. The molecule has 0 aromatic heterocycles. The Morgan fingerprint density at radius 1 is 1.25 bits per heavy atom. The van der Waals surface area contributed by atoms with Crippen LogP contribution in [0.2, 0.25) is 0 Å². The quantitative estimate of drug-likeness (QED) is 0.614. The minimum absolute atomic E-state index is 0.412. The van der Waals surface area contributed by atoms with Gasteiger partial charge in [0.1, 0.15) is 0 Å². The minimum Gasteiger partial charge on any atom is -0.378 e. The van der Waals surface area contributed by atoms with Crippen LogP contribution in [-0.4, -0.2) is 30.2 Å². The average molecular weight is 267 g/mol. The maximum Gasteiger partial charge on any atom is 0.0658 e. The van der Waals surface area contributed by atoms with Crippen molar-refractivity contribution < 1.29 is 4.74 Å². The summed E-state index contributed by atoms with van der Waals surface area (Å²) in [6, 6.07) is 11.6. The van der Waals surface area contributed by atoms with E-state index >= 15 is 0 Å². The van der Waals surface area contributed by atoms with Crippen LogP contribution in [0.15, 0.2) is 42.0 Å². The maximum atomic E-state index is 5.73. The second kappa shape index (κ2) is 6.26. The van der Waals surface area contributed by atoms with Gasteiger partial charge in [-0.15, -0.1) is 12.3 Å². The third-order valence-corrected chi connectivity index (χ3v) is 4.22. The van der Waals surface area contributed by atoms with Gasteiger partial charge in [0.15, 0.2) is 0 Å². The van der Waals surface area contributed by atoms with E-state index in [4.69, 9.17) is 11.2 Å². The second-order valence-corrected chi connectivity index (χ2v) is 5.65. The topological polar surface area (TPSA) is 12.5 Å². The predicted molar refractivity (Wildman–Crippen MR) is 81.1 cm³/mol. The lowest BCUT2D eigenvalue weighted by Gasteiger charge is -2.44. The molecule has 2 aliphatic heterocycles. The molecule has 1 saturated heterocycles. The monoisotopic (exact) mass is 267 g/mol. The summed E-state index contributed by atoms with van der Waals surface area (Å²) in [5, 5.41) is 0. The van der Waals surface area contributed by atoms with Crippen LogP contribution in [0.25, 0.3) is 0 Å². The van der Waals surface area contributed by atoms with Crippen LogP contribution in [0.3, 0.4) is 0 Å². The molecule has 1 aromatic rings. The van der Waals surface area contributed by atoms with E-state index in [9.17, 15) is 0 Å². The maximum absolute atomic E-state index is 5.73. The Labute approximate surface area is 121 Å². The van der Waals surface area contributed by atoms with Crippen molar-refractivity contribution in [1.82, 2.24) is 4.90 Å². The highest BCUT2D eigenvalue weighted by atomic mass is 16.5. The van der Waals surface area contributed by atoms with Crippen molar-refractivity contribution in [2.75, 3.05) is 13.2 Å². The number of hydrogen-bond acceptors (Lipinski definition) is 2. The molecule has 2 bridgehead atoms. The first-order valence-electron chi connectivity index (χ1n) is 7.37. The van der Waals surface area contributed by atoms with Crippen molar-refractivity contribution in [2.24, 2.45) is 0 Å². The fraction of sp³-hybridized carbons (Fsp3) is 0.444. The molecule has 2 unspecified atom stereocenters. The lowest BCUT2D eigenvalue weighted by atomic mass is 9.91. The van der Waals surface area contributed by atoms with E-state index in [0.717, 1.165) is 39.0 Å². The van der Waals surface area contributed by atoms with Gasteiger partial charge in [0.05, 0.1) is 19.3 Å². The molecule has 2 heteroatoms. The number of ether oxygens (including phenoxy) is 1. The van der Waals surface area contributed by atoms with Crippen LogP contribution in [0.5, 0.6) is 0 Å². The zero-order valence-corrected chi connectivity index (χ0v) is 11.8. The highest BCUT2D eigenvalue weighted by molar-refractivity contribution is 5.20. The van der Waals surface area contributed by atoms with Gasteiger partial charge in [-0.05, 0) is 18.4 Å². The molecular formula is C18H21NO. The Morgan fingerprint density at radius 3 is 2.85 bits per heavy atom. The summed E-state index contributed by atoms with van der Waals surface area (Å²) in [4.78, 5) is 2.58. The van der Waals surface area contributed by atoms with E-state index in [2.05, 4.69) is 47.2 Å². The van der Waals surface area contributed by atoms with E-state index < -0.39 is 0 Å². The van der Waals surface area contributed by atoms with E-state index in [0.29, 0.717) is 12.1 Å². The predicted octanol–water partition coefficient (Wildman–Crippen LogP) is 3.00. The number of benzene rings is 1. The van der Waals surface area contributed by atoms with Crippen LogP contribution in [0.4, 0.5) is 0 Å². The number of fused-ring (bicyclic) bond motifs is 2. The number of morpholine rings is 1. The molecule has 0 radical (unpaired) electrons. The molecule has 1 fully saturated rings. The molecule has 0 amide bonds. The molecule has 0 N–H and O–H groups in total. The summed E-state index contributed by atoms with van der Waals surface area (Å²) in [6.07, 6.45) is 10.8. The normalized spacial score (nSPS) is 25.9. The van der Waals surface area contributed by atoms with Gasteiger partial charge in [-0.3, -0.25) is 4.90 Å². The number of nitrogens with zero attached hydrogens (tertiary/aromatic N) is 1. The van der Waals surface area contributed by atoms with Crippen molar-refractivity contribution in [3.8, 4) is 12.3 Å². The SMILES string of the molecule is C#CCCC1=CC2COCC(C1)N2Cc1ccccc1. The molecule has 0 saturated carbocycles. The highest BCUT2D eigenvalue weighted by Crippen LogP contribution is 2.30. The van der Waals surface area contributed by atoms with Crippen LogP contribution in [0.1, 0.15) is 24.8 Å². The van der Waals surface area contributed by atoms with Gasteiger partial charge in [0, 0.05) is 19.0 Å². The Balaban J connectivity index is 1.73. The zero-order valence-electron chi connectivity index (χ0n) is 11.8. The molecule has 3 rings (SSSR count). The molecule has 2 atom stereocenters.